The van der Waals surface area contributed by atoms with E-state index in [0.717, 1.165) is 48.8 Å². The van der Waals surface area contributed by atoms with Gasteiger partial charge in [0.15, 0.2) is 5.75 Å². The van der Waals surface area contributed by atoms with Gasteiger partial charge in [-0.15, -0.1) is 0 Å². The highest BCUT2D eigenvalue weighted by Crippen LogP contribution is 2.30. The normalized spacial score (nSPS) is 15.0. The monoisotopic (exact) mass is 420 g/mol. The van der Waals surface area contributed by atoms with Gasteiger partial charge >= 0.3 is 0 Å². The highest BCUT2D eigenvalue weighted by molar-refractivity contribution is 6.31. The second-order valence-electron chi connectivity index (χ2n) is 7.54. The molecule has 1 amide bonds. The first kappa shape index (κ1) is 20.5. The molecule has 3 aromatic carbocycles. The third-order valence-electron chi connectivity index (χ3n) is 5.43. The molecule has 3 aromatic rings. The Hall–Kier alpha value is -2.82. The molecule has 1 aliphatic heterocycles. The van der Waals surface area contributed by atoms with Gasteiger partial charge in [-0.1, -0.05) is 60.1 Å². The van der Waals surface area contributed by atoms with Crippen LogP contribution in [0.25, 0.3) is 0 Å². The Morgan fingerprint density at radius 3 is 2.37 bits per heavy atom. The van der Waals surface area contributed by atoms with Gasteiger partial charge in [-0.05, 0) is 61.8 Å². The summed E-state index contributed by atoms with van der Waals surface area (Å²) in [5.74, 6) is 1.44. The van der Waals surface area contributed by atoms with Crippen molar-refractivity contribution >= 4 is 23.2 Å². The van der Waals surface area contributed by atoms with E-state index in [0.29, 0.717) is 11.4 Å². The summed E-state index contributed by atoms with van der Waals surface area (Å²) in [6.07, 6.45) is 1.66. The highest BCUT2D eigenvalue weighted by Gasteiger charge is 2.26. The van der Waals surface area contributed by atoms with Gasteiger partial charge in [0, 0.05) is 17.5 Å². The predicted molar refractivity (Wildman–Crippen MR) is 121 cm³/mol. The number of para-hydroxylation sites is 3. The second kappa shape index (κ2) is 9.79. The SMILES string of the molecule is O=C(Nc1ccccc1Oc1ccccc1)C1CCN(Cc2ccccc2Cl)CC1. The van der Waals surface area contributed by atoms with Crippen LogP contribution in [0.1, 0.15) is 18.4 Å². The average Bonchev–Trinajstić information content (AvgIpc) is 2.78. The van der Waals surface area contributed by atoms with Gasteiger partial charge in [0.1, 0.15) is 5.75 Å². The first-order valence-electron chi connectivity index (χ1n) is 10.3. The molecule has 1 heterocycles. The molecule has 0 aromatic heterocycles. The maximum atomic E-state index is 12.9. The number of hydrogen-bond donors (Lipinski definition) is 1. The van der Waals surface area contributed by atoms with Gasteiger partial charge < -0.3 is 10.1 Å². The Kier molecular flexibility index (Phi) is 6.67. The number of piperidine rings is 1. The molecule has 154 valence electrons. The van der Waals surface area contributed by atoms with Crippen molar-refractivity contribution in [3.63, 3.8) is 0 Å². The molecule has 4 nitrogen and oxygen atoms in total. The topological polar surface area (TPSA) is 41.6 Å². The lowest BCUT2D eigenvalue weighted by atomic mass is 9.95. The van der Waals surface area contributed by atoms with Gasteiger partial charge in [0.25, 0.3) is 0 Å². The van der Waals surface area contributed by atoms with E-state index in [1.807, 2.05) is 72.8 Å². The van der Waals surface area contributed by atoms with Crippen LogP contribution in [0, 0.1) is 5.92 Å². The Labute approximate surface area is 182 Å². The minimum Gasteiger partial charge on any atom is -0.455 e. The van der Waals surface area contributed by atoms with Gasteiger partial charge in [-0.2, -0.15) is 0 Å². The molecular weight excluding hydrogens is 396 g/mol. The molecule has 0 saturated carbocycles. The van der Waals surface area contributed by atoms with Crippen molar-refractivity contribution < 1.29 is 9.53 Å². The van der Waals surface area contributed by atoms with Crippen molar-refractivity contribution in [2.45, 2.75) is 19.4 Å². The molecule has 1 saturated heterocycles. The summed E-state index contributed by atoms with van der Waals surface area (Å²) in [4.78, 5) is 15.2. The molecule has 5 heteroatoms. The summed E-state index contributed by atoms with van der Waals surface area (Å²) in [6.45, 7) is 2.58. The van der Waals surface area contributed by atoms with Crippen LogP contribution in [0.3, 0.4) is 0 Å². The summed E-state index contributed by atoms with van der Waals surface area (Å²) in [6, 6.07) is 25.1. The number of rotatable bonds is 6. The number of likely N-dealkylation sites (tertiary alicyclic amines) is 1. The quantitative estimate of drug-likeness (QED) is 0.533. The van der Waals surface area contributed by atoms with E-state index in [1.165, 1.54) is 0 Å². The first-order valence-corrected chi connectivity index (χ1v) is 10.7. The van der Waals surface area contributed by atoms with Crippen molar-refractivity contribution in [2.75, 3.05) is 18.4 Å². The molecule has 0 bridgehead atoms. The van der Waals surface area contributed by atoms with E-state index >= 15 is 0 Å². The van der Waals surface area contributed by atoms with Crippen LogP contribution in [-0.4, -0.2) is 23.9 Å². The molecule has 4 rings (SSSR count). The Morgan fingerprint density at radius 1 is 0.933 bits per heavy atom. The lowest BCUT2D eigenvalue weighted by Gasteiger charge is -2.31. The van der Waals surface area contributed by atoms with Crippen molar-refractivity contribution in [1.29, 1.82) is 0 Å². The molecular formula is C25H25ClN2O2. The van der Waals surface area contributed by atoms with Gasteiger partial charge in [-0.3, -0.25) is 9.69 Å². The van der Waals surface area contributed by atoms with Crippen molar-refractivity contribution in [1.82, 2.24) is 4.90 Å². The van der Waals surface area contributed by atoms with Crippen LogP contribution in [0.5, 0.6) is 11.5 Å². The van der Waals surface area contributed by atoms with Gasteiger partial charge in [0.05, 0.1) is 5.69 Å². The second-order valence-corrected chi connectivity index (χ2v) is 7.95. The predicted octanol–water partition coefficient (Wildman–Crippen LogP) is 5.98. The fourth-order valence-electron chi connectivity index (χ4n) is 3.73. The van der Waals surface area contributed by atoms with Crippen molar-refractivity contribution in [3.8, 4) is 11.5 Å². The van der Waals surface area contributed by atoms with Crippen molar-refractivity contribution in [3.05, 3.63) is 89.4 Å². The van der Waals surface area contributed by atoms with E-state index in [1.54, 1.807) is 0 Å². The van der Waals surface area contributed by atoms with Gasteiger partial charge in [0.2, 0.25) is 5.91 Å². The zero-order valence-electron chi connectivity index (χ0n) is 16.8. The minimum atomic E-state index is -0.00252. The Bertz CT molecular complexity index is 985. The van der Waals surface area contributed by atoms with Gasteiger partial charge in [-0.25, -0.2) is 0 Å². The largest absolute Gasteiger partial charge is 0.455 e. The Balaban J connectivity index is 1.34. The maximum absolute atomic E-state index is 12.9. The number of nitrogens with one attached hydrogen (secondary N) is 1. The zero-order chi connectivity index (χ0) is 20.8. The summed E-state index contributed by atoms with van der Waals surface area (Å²) >= 11 is 6.28. The summed E-state index contributed by atoms with van der Waals surface area (Å²) in [5.41, 5.74) is 1.83. The number of benzene rings is 3. The number of hydrogen-bond acceptors (Lipinski definition) is 3. The first-order chi connectivity index (χ1) is 14.7. The molecule has 1 aliphatic rings. The van der Waals surface area contributed by atoms with E-state index in [-0.39, 0.29) is 11.8 Å². The molecule has 1 N–H and O–H groups in total. The lowest BCUT2D eigenvalue weighted by molar-refractivity contribution is -0.121. The van der Waals surface area contributed by atoms with E-state index < -0.39 is 0 Å². The molecule has 0 spiro atoms. The van der Waals surface area contributed by atoms with E-state index in [4.69, 9.17) is 16.3 Å². The number of carbonyl (C=O) groups excluding carboxylic acids is 1. The van der Waals surface area contributed by atoms with Crippen LogP contribution in [-0.2, 0) is 11.3 Å². The smallest absolute Gasteiger partial charge is 0.227 e. The number of amides is 1. The highest BCUT2D eigenvalue weighted by atomic mass is 35.5. The fourth-order valence-corrected chi connectivity index (χ4v) is 3.93. The average molecular weight is 421 g/mol. The number of carbonyl (C=O) groups is 1. The number of halogens is 1. The molecule has 0 unspecified atom stereocenters. The van der Waals surface area contributed by atoms with Crippen LogP contribution in [0.2, 0.25) is 5.02 Å². The zero-order valence-corrected chi connectivity index (χ0v) is 17.5. The third kappa shape index (κ3) is 5.21. The number of ether oxygens (including phenoxy) is 1. The van der Waals surface area contributed by atoms with Crippen LogP contribution < -0.4 is 10.1 Å². The molecule has 30 heavy (non-hydrogen) atoms. The molecule has 0 radical (unpaired) electrons. The molecule has 1 fully saturated rings. The van der Waals surface area contributed by atoms with E-state index in [9.17, 15) is 4.79 Å². The minimum absolute atomic E-state index is 0.00252. The molecule has 0 atom stereocenters. The number of anilines is 1. The standard InChI is InChI=1S/C25H25ClN2O2/c26-22-11-5-4-8-20(22)18-28-16-14-19(15-17-28)25(29)27-23-12-6-7-13-24(23)30-21-9-2-1-3-10-21/h1-13,19H,14-18H2,(H,27,29). The van der Waals surface area contributed by atoms with Crippen LogP contribution >= 0.6 is 11.6 Å². The summed E-state index contributed by atoms with van der Waals surface area (Å²) in [7, 11) is 0. The third-order valence-corrected chi connectivity index (χ3v) is 5.79. The summed E-state index contributed by atoms with van der Waals surface area (Å²) < 4.78 is 5.96. The van der Waals surface area contributed by atoms with Crippen molar-refractivity contribution in [2.24, 2.45) is 5.92 Å². The van der Waals surface area contributed by atoms with Crippen LogP contribution in [0.4, 0.5) is 5.69 Å². The summed E-state index contributed by atoms with van der Waals surface area (Å²) in [5, 5.41) is 3.87. The number of nitrogens with zero attached hydrogens (tertiary/aromatic N) is 1. The maximum Gasteiger partial charge on any atom is 0.227 e. The molecule has 0 aliphatic carbocycles. The lowest BCUT2D eigenvalue weighted by Crippen LogP contribution is -2.37. The van der Waals surface area contributed by atoms with Crippen LogP contribution in [0.15, 0.2) is 78.9 Å². The fraction of sp³-hybridized carbons (Fsp3) is 0.240. The van der Waals surface area contributed by atoms with E-state index in [2.05, 4.69) is 16.3 Å². The Morgan fingerprint density at radius 2 is 1.60 bits per heavy atom.